The summed E-state index contributed by atoms with van der Waals surface area (Å²) in [5.41, 5.74) is 1.72. The van der Waals surface area contributed by atoms with Crippen LogP contribution in [0, 0.1) is 19.8 Å². The molecule has 0 aliphatic carbocycles. The SMILES string of the molecule is CCOC(=O)c1c(S(=O)(=O)N2CCC[C@@H](C(=O)Nc3ccc(Cl)cc3)C2)c(C)n(CC)c1C. The van der Waals surface area contributed by atoms with Gasteiger partial charge in [-0.2, -0.15) is 4.31 Å². The minimum Gasteiger partial charge on any atom is -0.462 e. The Hall–Kier alpha value is -2.36. The van der Waals surface area contributed by atoms with Crippen molar-refractivity contribution >= 4 is 39.2 Å². The summed E-state index contributed by atoms with van der Waals surface area (Å²) in [6.45, 7) is 7.98. The Labute approximate surface area is 199 Å². The number of esters is 1. The zero-order valence-electron chi connectivity index (χ0n) is 19.4. The second kappa shape index (κ2) is 10.3. The van der Waals surface area contributed by atoms with Gasteiger partial charge in [0.2, 0.25) is 15.9 Å². The lowest BCUT2D eigenvalue weighted by molar-refractivity contribution is -0.120. The van der Waals surface area contributed by atoms with Crippen LogP contribution in [-0.4, -0.2) is 48.9 Å². The monoisotopic (exact) mass is 495 g/mol. The van der Waals surface area contributed by atoms with Gasteiger partial charge < -0.3 is 14.6 Å². The molecule has 10 heteroatoms. The molecular formula is C23H30ClN3O5S. The highest BCUT2D eigenvalue weighted by molar-refractivity contribution is 7.89. The number of hydrogen-bond donors (Lipinski definition) is 1. The normalized spacial score (nSPS) is 17.1. The largest absolute Gasteiger partial charge is 0.462 e. The summed E-state index contributed by atoms with van der Waals surface area (Å²) < 4.78 is 35.8. The summed E-state index contributed by atoms with van der Waals surface area (Å²) in [4.78, 5) is 25.5. The predicted molar refractivity (Wildman–Crippen MR) is 127 cm³/mol. The Balaban J connectivity index is 1.90. The molecule has 0 unspecified atom stereocenters. The number of piperidine rings is 1. The van der Waals surface area contributed by atoms with E-state index in [0.717, 1.165) is 0 Å². The predicted octanol–water partition coefficient (Wildman–Crippen LogP) is 3.99. The van der Waals surface area contributed by atoms with Crippen LogP contribution in [0.5, 0.6) is 0 Å². The molecule has 8 nitrogen and oxygen atoms in total. The van der Waals surface area contributed by atoms with Crippen LogP contribution in [0.4, 0.5) is 5.69 Å². The van der Waals surface area contributed by atoms with Crippen LogP contribution in [0.1, 0.15) is 48.4 Å². The van der Waals surface area contributed by atoms with Crippen LogP contribution in [0.2, 0.25) is 5.02 Å². The van der Waals surface area contributed by atoms with Gasteiger partial charge in [-0.05, 0) is 64.8 Å². The number of rotatable bonds is 7. The third kappa shape index (κ3) is 5.10. The second-order valence-corrected chi connectivity index (χ2v) is 10.3. The number of ether oxygens (including phenoxy) is 1. The molecule has 33 heavy (non-hydrogen) atoms. The van der Waals surface area contributed by atoms with Crippen molar-refractivity contribution < 1.29 is 22.7 Å². The fourth-order valence-corrected chi connectivity index (χ4v) is 6.47. The molecule has 1 N–H and O–H groups in total. The van der Waals surface area contributed by atoms with Gasteiger partial charge in [-0.1, -0.05) is 11.6 Å². The van der Waals surface area contributed by atoms with Crippen LogP contribution >= 0.6 is 11.6 Å². The molecule has 0 bridgehead atoms. The van der Waals surface area contributed by atoms with Gasteiger partial charge in [-0.25, -0.2) is 13.2 Å². The van der Waals surface area contributed by atoms with Crippen molar-refractivity contribution in [3.63, 3.8) is 0 Å². The van der Waals surface area contributed by atoms with E-state index < -0.39 is 21.9 Å². The third-order valence-corrected chi connectivity index (χ3v) is 8.27. The number of amides is 1. The average molecular weight is 496 g/mol. The summed E-state index contributed by atoms with van der Waals surface area (Å²) in [7, 11) is -4.03. The lowest BCUT2D eigenvalue weighted by Crippen LogP contribution is -2.44. The van der Waals surface area contributed by atoms with Gasteiger partial charge >= 0.3 is 5.97 Å². The lowest BCUT2D eigenvalue weighted by atomic mass is 9.99. The molecule has 1 atom stereocenters. The molecule has 1 aliphatic rings. The second-order valence-electron chi connectivity index (χ2n) is 8.04. The quantitative estimate of drug-likeness (QED) is 0.585. The number of hydrogen-bond acceptors (Lipinski definition) is 5. The van der Waals surface area contributed by atoms with E-state index in [1.165, 1.54) is 4.31 Å². The van der Waals surface area contributed by atoms with Gasteiger partial charge in [0.25, 0.3) is 0 Å². The maximum absolute atomic E-state index is 13.7. The van der Waals surface area contributed by atoms with E-state index in [-0.39, 0.29) is 36.1 Å². The summed E-state index contributed by atoms with van der Waals surface area (Å²) in [5.74, 6) is -1.41. The summed E-state index contributed by atoms with van der Waals surface area (Å²) in [6.07, 6.45) is 1.11. The first-order chi connectivity index (χ1) is 15.6. The number of nitrogens with zero attached hydrogens (tertiary/aromatic N) is 2. The zero-order valence-corrected chi connectivity index (χ0v) is 20.9. The van der Waals surface area contributed by atoms with Crippen LogP contribution in [0.15, 0.2) is 29.2 Å². The van der Waals surface area contributed by atoms with Crippen LogP contribution in [-0.2, 0) is 26.1 Å². The number of sulfonamides is 1. The third-order valence-electron chi connectivity index (χ3n) is 5.99. The number of carbonyl (C=O) groups excluding carboxylic acids is 2. The highest BCUT2D eigenvalue weighted by Gasteiger charge is 2.39. The summed E-state index contributed by atoms with van der Waals surface area (Å²) in [6, 6.07) is 6.75. The first-order valence-electron chi connectivity index (χ1n) is 11.0. The maximum atomic E-state index is 13.7. The topological polar surface area (TPSA) is 97.7 Å². The van der Waals surface area contributed by atoms with Crippen LogP contribution in [0.3, 0.4) is 0 Å². The first-order valence-corrected chi connectivity index (χ1v) is 12.9. The number of anilines is 1. The molecule has 2 aromatic rings. The molecule has 1 aromatic carbocycles. The Morgan fingerprint density at radius 2 is 1.82 bits per heavy atom. The fraction of sp³-hybridized carbons (Fsp3) is 0.478. The maximum Gasteiger partial charge on any atom is 0.341 e. The molecule has 2 heterocycles. The van der Waals surface area contributed by atoms with Crippen molar-refractivity contribution in [3.05, 3.63) is 46.2 Å². The summed E-state index contributed by atoms with van der Waals surface area (Å²) >= 11 is 5.89. The zero-order chi connectivity index (χ0) is 24.3. The van der Waals surface area contributed by atoms with Gasteiger partial charge in [0, 0.05) is 41.7 Å². The van der Waals surface area contributed by atoms with Gasteiger partial charge in [0.15, 0.2) is 0 Å². The number of carbonyl (C=O) groups is 2. The van der Waals surface area contributed by atoms with Crippen molar-refractivity contribution in [2.75, 3.05) is 25.0 Å². The number of benzene rings is 1. The van der Waals surface area contributed by atoms with E-state index >= 15 is 0 Å². The number of aromatic nitrogens is 1. The minimum absolute atomic E-state index is 0.0286. The van der Waals surface area contributed by atoms with Crippen molar-refractivity contribution in [1.82, 2.24) is 8.87 Å². The van der Waals surface area contributed by atoms with Crippen LogP contribution < -0.4 is 5.32 Å². The average Bonchev–Trinajstić information content (AvgIpc) is 3.05. The molecule has 180 valence electrons. The Morgan fingerprint density at radius 1 is 1.15 bits per heavy atom. The molecule has 0 saturated carbocycles. The van der Waals surface area contributed by atoms with E-state index in [2.05, 4.69) is 5.32 Å². The van der Waals surface area contributed by atoms with E-state index in [0.29, 0.717) is 41.5 Å². The molecule has 0 radical (unpaired) electrons. The van der Waals surface area contributed by atoms with E-state index in [1.807, 2.05) is 6.92 Å². The van der Waals surface area contributed by atoms with Gasteiger partial charge in [-0.15, -0.1) is 0 Å². The van der Waals surface area contributed by atoms with Gasteiger partial charge in [0.1, 0.15) is 10.5 Å². The molecule has 1 fully saturated rings. The van der Waals surface area contributed by atoms with Gasteiger partial charge in [-0.3, -0.25) is 4.79 Å². The molecule has 0 spiro atoms. The van der Waals surface area contributed by atoms with Crippen molar-refractivity contribution in [3.8, 4) is 0 Å². The highest BCUT2D eigenvalue weighted by Crippen LogP contribution is 2.33. The summed E-state index contributed by atoms with van der Waals surface area (Å²) in [5, 5.41) is 3.39. The number of halogens is 1. The highest BCUT2D eigenvalue weighted by atomic mass is 35.5. The van der Waals surface area contributed by atoms with E-state index in [1.54, 1.807) is 49.6 Å². The smallest absolute Gasteiger partial charge is 0.341 e. The van der Waals surface area contributed by atoms with E-state index in [9.17, 15) is 18.0 Å². The molecule has 1 amide bonds. The van der Waals surface area contributed by atoms with Crippen molar-refractivity contribution in [2.24, 2.45) is 5.92 Å². The van der Waals surface area contributed by atoms with Crippen molar-refractivity contribution in [1.29, 1.82) is 0 Å². The fourth-order valence-electron chi connectivity index (χ4n) is 4.37. The molecular weight excluding hydrogens is 466 g/mol. The first kappa shape index (κ1) is 25.3. The molecule has 1 aromatic heterocycles. The van der Waals surface area contributed by atoms with Crippen molar-refractivity contribution in [2.45, 2.75) is 52.0 Å². The Bertz CT molecular complexity index is 1140. The van der Waals surface area contributed by atoms with Crippen LogP contribution in [0.25, 0.3) is 0 Å². The Kier molecular flexibility index (Phi) is 7.87. The van der Waals surface area contributed by atoms with Gasteiger partial charge in [0.05, 0.1) is 12.5 Å². The Morgan fingerprint density at radius 3 is 2.42 bits per heavy atom. The minimum atomic E-state index is -4.03. The standard InChI is InChI=1S/C23H30ClN3O5S/c1-5-27-15(3)20(23(29)32-6-2)21(16(27)4)33(30,31)26-13-7-8-17(14-26)22(28)25-19-11-9-18(24)10-12-19/h9-12,17H,5-8,13-14H2,1-4H3,(H,25,28)/t17-/m1/s1. The number of nitrogens with one attached hydrogen (secondary N) is 1. The molecule has 1 aliphatic heterocycles. The van der Waals surface area contributed by atoms with E-state index in [4.69, 9.17) is 16.3 Å². The lowest BCUT2D eigenvalue weighted by Gasteiger charge is -2.31. The molecule has 1 saturated heterocycles. The molecule has 3 rings (SSSR count).